The number of likely N-dealkylation sites (tertiary alicyclic amines) is 1. The number of ether oxygens (including phenoxy) is 1. The van der Waals surface area contributed by atoms with Crippen molar-refractivity contribution in [2.24, 2.45) is 0 Å². The molecule has 10 nitrogen and oxygen atoms in total. The van der Waals surface area contributed by atoms with Crippen LogP contribution in [-0.4, -0.2) is 77.8 Å². The fourth-order valence-electron chi connectivity index (χ4n) is 4.39. The highest BCUT2D eigenvalue weighted by Crippen LogP contribution is 2.27. The van der Waals surface area contributed by atoms with Crippen LogP contribution in [0.1, 0.15) is 55.7 Å². The predicted octanol–water partition coefficient (Wildman–Crippen LogP) is 1.76. The van der Waals surface area contributed by atoms with Crippen LogP contribution in [0.4, 0.5) is 0 Å². The number of aromatic nitrogens is 3. The zero-order valence-electron chi connectivity index (χ0n) is 20.4. The van der Waals surface area contributed by atoms with E-state index in [9.17, 15) is 18.0 Å². The molecule has 1 amide bonds. The topological polar surface area (TPSA) is 107 Å². The van der Waals surface area contributed by atoms with Crippen molar-refractivity contribution >= 4 is 15.9 Å². The van der Waals surface area contributed by atoms with Crippen LogP contribution in [0.5, 0.6) is 0 Å². The number of methoxy groups -OCH3 is 1. The second-order valence-electron chi connectivity index (χ2n) is 8.28. The third-order valence-electron chi connectivity index (χ3n) is 6.37. The lowest BCUT2D eigenvalue weighted by Gasteiger charge is -2.31. The van der Waals surface area contributed by atoms with Crippen molar-refractivity contribution in [1.82, 2.24) is 23.6 Å². The van der Waals surface area contributed by atoms with Gasteiger partial charge in [0.1, 0.15) is 5.82 Å². The summed E-state index contributed by atoms with van der Waals surface area (Å²) >= 11 is 0. The number of carbonyl (C=O) groups excluding carboxylic acids is 1. The summed E-state index contributed by atoms with van der Waals surface area (Å²) in [6.45, 7) is 8.78. The summed E-state index contributed by atoms with van der Waals surface area (Å²) in [6, 6.07) is 6.16. The lowest BCUT2D eigenvalue weighted by Crippen LogP contribution is -2.38. The van der Waals surface area contributed by atoms with E-state index in [1.807, 2.05) is 6.92 Å². The van der Waals surface area contributed by atoms with Crippen molar-refractivity contribution in [3.63, 3.8) is 0 Å². The highest BCUT2D eigenvalue weighted by atomic mass is 32.2. The molecule has 1 aliphatic heterocycles. The first-order chi connectivity index (χ1) is 16.3. The van der Waals surface area contributed by atoms with E-state index in [0.29, 0.717) is 64.3 Å². The third-order valence-corrected chi connectivity index (χ3v) is 8.43. The maximum atomic E-state index is 13.0. The average Bonchev–Trinajstić information content (AvgIpc) is 3.18. The zero-order chi connectivity index (χ0) is 24.9. The summed E-state index contributed by atoms with van der Waals surface area (Å²) < 4.78 is 35.0. The van der Waals surface area contributed by atoms with Crippen molar-refractivity contribution in [2.75, 3.05) is 39.9 Å². The van der Waals surface area contributed by atoms with Gasteiger partial charge in [-0.2, -0.15) is 9.40 Å². The van der Waals surface area contributed by atoms with Gasteiger partial charge in [0.05, 0.1) is 18.0 Å². The van der Waals surface area contributed by atoms with Gasteiger partial charge in [-0.05, 0) is 44.0 Å². The quantitative estimate of drug-likeness (QED) is 0.499. The monoisotopic (exact) mass is 493 g/mol. The van der Waals surface area contributed by atoms with E-state index in [1.54, 1.807) is 42.6 Å². The zero-order valence-corrected chi connectivity index (χ0v) is 21.3. The van der Waals surface area contributed by atoms with Gasteiger partial charge in [-0.3, -0.25) is 9.36 Å². The Morgan fingerprint density at radius 3 is 2.26 bits per heavy atom. The Kier molecular flexibility index (Phi) is 8.67. The lowest BCUT2D eigenvalue weighted by molar-refractivity contribution is 0.0710. The molecule has 2 aromatic rings. The predicted molar refractivity (Wildman–Crippen MR) is 128 cm³/mol. The summed E-state index contributed by atoms with van der Waals surface area (Å²) in [7, 11) is -1.97. The highest BCUT2D eigenvalue weighted by Gasteiger charge is 2.29. The number of amides is 1. The molecular formula is C23H35N5O5S. The number of piperidine rings is 1. The Hall–Kier alpha value is -2.50. The Labute approximate surface area is 201 Å². The van der Waals surface area contributed by atoms with E-state index in [4.69, 9.17) is 4.74 Å². The normalized spacial score (nSPS) is 15.3. The van der Waals surface area contributed by atoms with Crippen LogP contribution in [0, 0.1) is 0 Å². The molecule has 188 valence electrons. The minimum Gasteiger partial charge on any atom is -0.383 e. The third kappa shape index (κ3) is 5.26. The van der Waals surface area contributed by atoms with Gasteiger partial charge in [-0.25, -0.2) is 17.9 Å². The number of hydrogen-bond donors (Lipinski definition) is 0. The molecule has 1 saturated heterocycles. The van der Waals surface area contributed by atoms with Gasteiger partial charge in [0.2, 0.25) is 10.0 Å². The molecule has 0 N–H and O–H groups in total. The van der Waals surface area contributed by atoms with Crippen LogP contribution in [0.2, 0.25) is 0 Å². The molecule has 0 saturated carbocycles. The van der Waals surface area contributed by atoms with Gasteiger partial charge in [0, 0.05) is 51.3 Å². The first-order valence-electron chi connectivity index (χ1n) is 11.8. The number of sulfonamides is 1. The van der Waals surface area contributed by atoms with Crippen molar-refractivity contribution in [2.45, 2.75) is 57.5 Å². The van der Waals surface area contributed by atoms with E-state index in [0.717, 1.165) is 5.82 Å². The SMILES string of the molecule is CCN(CC)S(=O)(=O)c1ccc(C(=O)N2CCC(c3nn(CCOC)c(=O)n3CC)CC2)cc1. The standard InChI is InChI=1S/C23H35N5O5S/c1-5-26(6-2)34(31,32)20-10-8-19(9-11-20)22(29)25-14-12-18(13-15-25)21-24-28(16-17-33-4)23(30)27(21)7-3/h8-11,18H,5-7,12-17H2,1-4H3. The minimum absolute atomic E-state index is 0.0992. The van der Waals surface area contributed by atoms with Gasteiger partial charge in [0.25, 0.3) is 5.91 Å². The van der Waals surface area contributed by atoms with E-state index in [1.165, 1.54) is 21.1 Å². The first-order valence-corrected chi connectivity index (χ1v) is 13.3. The summed E-state index contributed by atoms with van der Waals surface area (Å²) in [4.78, 5) is 27.6. The molecule has 1 aromatic carbocycles. The van der Waals surface area contributed by atoms with E-state index in [-0.39, 0.29) is 22.4 Å². The highest BCUT2D eigenvalue weighted by molar-refractivity contribution is 7.89. The molecule has 0 unspecified atom stereocenters. The van der Waals surface area contributed by atoms with Crippen LogP contribution in [0.25, 0.3) is 0 Å². The number of nitrogens with zero attached hydrogens (tertiary/aromatic N) is 5. The second-order valence-corrected chi connectivity index (χ2v) is 10.2. The van der Waals surface area contributed by atoms with Gasteiger partial charge in [-0.1, -0.05) is 13.8 Å². The number of rotatable bonds is 10. The van der Waals surface area contributed by atoms with Crippen molar-refractivity contribution in [3.05, 3.63) is 46.1 Å². The largest absolute Gasteiger partial charge is 0.383 e. The Balaban J connectivity index is 1.68. The van der Waals surface area contributed by atoms with Crippen molar-refractivity contribution in [3.8, 4) is 0 Å². The fraction of sp³-hybridized carbons (Fsp3) is 0.609. The molecule has 0 aliphatic carbocycles. The van der Waals surface area contributed by atoms with Crippen LogP contribution >= 0.6 is 0 Å². The summed E-state index contributed by atoms with van der Waals surface area (Å²) in [5.74, 6) is 0.743. The molecule has 2 heterocycles. The second kappa shape index (κ2) is 11.3. The Morgan fingerprint density at radius 1 is 1.12 bits per heavy atom. The minimum atomic E-state index is -3.56. The van der Waals surface area contributed by atoms with Crippen LogP contribution < -0.4 is 5.69 Å². The number of hydrogen-bond acceptors (Lipinski definition) is 6. The van der Waals surface area contributed by atoms with Crippen LogP contribution in [0.15, 0.2) is 34.0 Å². The average molecular weight is 494 g/mol. The lowest BCUT2D eigenvalue weighted by atomic mass is 9.95. The maximum Gasteiger partial charge on any atom is 0.345 e. The first kappa shape index (κ1) is 26.1. The Bertz CT molecular complexity index is 1130. The van der Waals surface area contributed by atoms with Gasteiger partial charge >= 0.3 is 5.69 Å². The fourth-order valence-corrected chi connectivity index (χ4v) is 5.84. The van der Waals surface area contributed by atoms with E-state index < -0.39 is 10.0 Å². The van der Waals surface area contributed by atoms with Crippen molar-refractivity contribution in [1.29, 1.82) is 0 Å². The molecule has 1 fully saturated rings. The number of benzene rings is 1. The molecular weight excluding hydrogens is 458 g/mol. The van der Waals surface area contributed by atoms with Gasteiger partial charge in [0.15, 0.2) is 0 Å². The molecule has 34 heavy (non-hydrogen) atoms. The molecule has 11 heteroatoms. The van der Waals surface area contributed by atoms with Crippen LogP contribution in [-0.2, 0) is 27.8 Å². The summed E-state index contributed by atoms with van der Waals surface area (Å²) in [5, 5.41) is 4.55. The van der Waals surface area contributed by atoms with E-state index in [2.05, 4.69) is 5.10 Å². The molecule has 0 atom stereocenters. The van der Waals surface area contributed by atoms with Gasteiger partial charge in [-0.15, -0.1) is 0 Å². The summed E-state index contributed by atoms with van der Waals surface area (Å²) in [6.07, 6.45) is 1.42. The molecule has 0 spiro atoms. The van der Waals surface area contributed by atoms with Crippen LogP contribution in [0.3, 0.4) is 0 Å². The molecule has 1 aliphatic rings. The maximum absolute atomic E-state index is 13.0. The smallest absolute Gasteiger partial charge is 0.345 e. The van der Waals surface area contributed by atoms with Crippen molar-refractivity contribution < 1.29 is 17.9 Å². The molecule has 1 aromatic heterocycles. The molecule has 0 bridgehead atoms. The number of carbonyl (C=O) groups is 1. The van der Waals surface area contributed by atoms with Gasteiger partial charge < -0.3 is 9.64 Å². The van der Waals surface area contributed by atoms with E-state index >= 15 is 0 Å². The summed E-state index contributed by atoms with van der Waals surface area (Å²) in [5.41, 5.74) is 0.332. The molecule has 0 radical (unpaired) electrons. The Morgan fingerprint density at radius 2 is 1.74 bits per heavy atom. The molecule has 3 rings (SSSR count).